The third kappa shape index (κ3) is 4.15. The highest BCUT2D eigenvalue weighted by Crippen LogP contribution is 2.33. The van der Waals surface area contributed by atoms with Gasteiger partial charge in [0.05, 0.1) is 6.04 Å². The van der Waals surface area contributed by atoms with Gasteiger partial charge in [-0.2, -0.15) is 13.2 Å². The zero-order chi connectivity index (χ0) is 18.0. The largest absolute Gasteiger partial charge is 0.405 e. The van der Waals surface area contributed by atoms with Crippen LogP contribution >= 0.6 is 0 Å². The summed E-state index contributed by atoms with van der Waals surface area (Å²) in [6, 6.07) is 7.60. The molecule has 1 unspecified atom stereocenters. The van der Waals surface area contributed by atoms with Crippen LogP contribution in [0.1, 0.15) is 31.2 Å². The van der Waals surface area contributed by atoms with E-state index >= 15 is 0 Å². The lowest BCUT2D eigenvalue weighted by Crippen LogP contribution is -2.49. The van der Waals surface area contributed by atoms with Gasteiger partial charge in [-0.3, -0.25) is 9.69 Å². The second-order valence-electron chi connectivity index (χ2n) is 6.61. The van der Waals surface area contributed by atoms with Gasteiger partial charge in [-0.1, -0.05) is 18.2 Å². The maximum atomic E-state index is 12.2. The van der Waals surface area contributed by atoms with Gasteiger partial charge in [-0.05, 0) is 50.4 Å². The summed E-state index contributed by atoms with van der Waals surface area (Å²) in [4.78, 5) is 17.2. The van der Waals surface area contributed by atoms with Crippen LogP contribution in [0.4, 0.5) is 13.2 Å². The minimum absolute atomic E-state index is 0.401. The van der Waals surface area contributed by atoms with Gasteiger partial charge < -0.3 is 10.3 Å². The molecule has 25 heavy (non-hydrogen) atoms. The minimum Gasteiger partial charge on any atom is -0.361 e. The summed E-state index contributed by atoms with van der Waals surface area (Å²) in [7, 11) is 0. The summed E-state index contributed by atoms with van der Waals surface area (Å²) >= 11 is 0. The van der Waals surface area contributed by atoms with Crippen LogP contribution < -0.4 is 5.32 Å². The fourth-order valence-corrected chi connectivity index (χ4v) is 3.53. The van der Waals surface area contributed by atoms with Crippen LogP contribution in [0.2, 0.25) is 0 Å². The first-order valence-corrected chi connectivity index (χ1v) is 8.49. The molecule has 7 heteroatoms. The van der Waals surface area contributed by atoms with Crippen LogP contribution in [0.5, 0.6) is 0 Å². The molecule has 2 heterocycles. The second kappa shape index (κ2) is 7.07. The number of nitrogens with one attached hydrogen (secondary N) is 2. The van der Waals surface area contributed by atoms with E-state index in [0.717, 1.165) is 18.4 Å². The number of amides is 1. The van der Waals surface area contributed by atoms with Crippen molar-refractivity contribution in [2.24, 2.45) is 0 Å². The predicted molar refractivity (Wildman–Crippen MR) is 90.4 cm³/mol. The van der Waals surface area contributed by atoms with Crippen molar-refractivity contribution in [2.45, 2.75) is 37.9 Å². The molecule has 1 amide bonds. The smallest absolute Gasteiger partial charge is 0.361 e. The first-order valence-electron chi connectivity index (χ1n) is 8.49. The monoisotopic (exact) mass is 353 g/mol. The zero-order valence-corrected chi connectivity index (χ0v) is 14.1. The van der Waals surface area contributed by atoms with Crippen molar-refractivity contribution in [1.29, 1.82) is 0 Å². The number of halogens is 3. The Bertz CT molecular complexity index is 732. The SMILES string of the molecule is CC(C(=O)NCC(F)(F)F)N1CCC(c2c[nH]c3ccccc23)CC1. The quantitative estimate of drug-likeness (QED) is 0.885. The third-order valence-electron chi connectivity index (χ3n) is 4.98. The van der Waals surface area contributed by atoms with Gasteiger partial charge in [0, 0.05) is 17.1 Å². The topological polar surface area (TPSA) is 48.1 Å². The van der Waals surface area contributed by atoms with Gasteiger partial charge in [-0.15, -0.1) is 0 Å². The van der Waals surface area contributed by atoms with Gasteiger partial charge in [0.1, 0.15) is 6.54 Å². The summed E-state index contributed by atoms with van der Waals surface area (Å²) in [5.41, 5.74) is 2.39. The molecular weight excluding hydrogens is 331 g/mol. The molecule has 2 N–H and O–H groups in total. The second-order valence-corrected chi connectivity index (χ2v) is 6.61. The summed E-state index contributed by atoms with van der Waals surface area (Å²) in [5.74, 6) is -0.166. The number of carbonyl (C=O) groups is 1. The Morgan fingerprint density at radius 3 is 2.68 bits per heavy atom. The molecule has 1 aliphatic rings. The van der Waals surface area contributed by atoms with E-state index in [0.29, 0.717) is 19.0 Å². The molecule has 1 aliphatic heterocycles. The Kier molecular flexibility index (Phi) is 5.03. The molecule has 0 bridgehead atoms. The van der Waals surface area contributed by atoms with Crippen molar-refractivity contribution in [2.75, 3.05) is 19.6 Å². The van der Waals surface area contributed by atoms with E-state index < -0.39 is 24.7 Å². The molecule has 4 nitrogen and oxygen atoms in total. The summed E-state index contributed by atoms with van der Waals surface area (Å²) in [6.07, 6.45) is -0.556. The highest BCUT2D eigenvalue weighted by Gasteiger charge is 2.31. The molecule has 136 valence electrons. The number of hydrogen-bond donors (Lipinski definition) is 2. The van der Waals surface area contributed by atoms with Crippen LogP contribution in [0.15, 0.2) is 30.5 Å². The number of carbonyl (C=O) groups excluding carboxylic acids is 1. The number of piperidine rings is 1. The maximum absolute atomic E-state index is 12.2. The molecule has 1 aromatic carbocycles. The average Bonchev–Trinajstić information content (AvgIpc) is 3.02. The van der Waals surface area contributed by atoms with E-state index in [1.165, 1.54) is 10.9 Å². The van der Waals surface area contributed by atoms with Gasteiger partial charge in [0.15, 0.2) is 0 Å². The molecule has 0 radical (unpaired) electrons. The van der Waals surface area contributed by atoms with Gasteiger partial charge in [0.25, 0.3) is 0 Å². The van der Waals surface area contributed by atoms with Gasteiger partial charge in [0.2, 0.25) is 5.91 Å². The number of likely N-dealkylation sites (tertiary alicyclic amines) is 1. The van der Waals surface area contributed by atoms with E-state index in [1.54, 1.807) is 6.92 Å². The summed E-state index contributed by atoms with van der Waals surface area (Å²) in [6.45, 7) is 1.79. The molecule has 1 aromatic heterocycles. The van der Waals surface area contributed by atoms with Crippen molar-refractivity contribution in [3.05, 3.63) is 36.0 Å². The molecule has 1 saturated heterocycles. The standard InChI is InChI=1S/C18H22F3N3O/c1-12(17(25)23-11-18(19,20)21)24-8-6-13(7-9-24)15-10-22-16-5-3-2-4-14(15)16/h2-5,10,12-13,22H,6-9,11H2,1H3,(H,23,25). The van der Waals surface area contributed by atoms with E-state index in [-0.39, 0.29) is 0 Å². The zero-order valence-electron chi connectivity index (χ0n) is 14.1. The van der Waals surface area contributed by atoms with Crippen LogP contribution in [0.3, 0.4) is 0 Å². The Morgan fingerprint density at radius 1 is 1.32 bits per heavy atom. The maximum Gasteiger partial charge on any atom is 0.405 e. The highest BCUT2D eigenvalue weighted by molar-refractivity contribution is 5.83. The first kappa shape index (κ1) is 17.8. The molecule has 0 saturated carbocycles. The number of fused-ring (bicyclic) bond motifs is 1. The molecule has 2 aromatic rings. The normalized spacial score (nSPS) is 18.4. The van der Waals surface area contributed by atoms with Crippen molar-refractivity contribution < 1.29 is 18.0 Å². The number of benzene rings is 1. The third-order valence-corrected chi connectivity index (χ3v) is 4.98. The lowest BCUT2D eigenvalue weighted by Gasteiger charge is -2.35. The first-order chi connectivity index (χ1) is 11.8. The Labute approximate surface area is 144 Å². The van der Waals surface area contributed by atoms with Crippen LogP contribution in [-0.2, 0) is 4.79 Å². The van der Waals surface area contributed by atoms with E-state index in [4.69, 9.17) is 0 Å². The number of hydrogen-bond acceptors (Lipinski definition) is 2. The van der Waals surface area contributed by atoms with Crippen molar-refractivity contribution in [1.82, 2.24) is 15.2 Å². The van der Waals surface area contributed by atoms with Crippen molar-refractivity contribution in [3.8, 4) is 0 Å². The Hall–Kier alpha value is -2.02. The number of para-hydroxylation sites is 1. The number of rotatable bonds is 4. The highest BCUT2D eigenvalue weighted by atomic mass is 19.4. The molecule has 1 fully saturated rings. The van der Waals surface area contributed by atoms with Crippen LogP contribution in [-0.4, -0.2) is 47.6 Å². The lowest BCUT2D eigenvalue weighted by atomic mass is 9.88. The Morgan fingerprint density at radius 2 is 2.00 bits per heavy atom. The van der Waals surface area contributed by atoms with Gasteiger partial charge >= 0.3 is 6.18 Å². The fourth-order valence-electron chi connectivity index (χ4n) is 3.53. The van der Waals surface area contributed by atoms with E-state index in [2.05, 4.69) is 11.1 Å². The molecule has 0 aliphatic carbocycles. The number of aromatic nitrogens is 1. The minimum atomic E-state index is -4.38. The van der Waals surface area contributed by atoms with E-state index in [1.807, 2.05) is 34.6 Å². The van der Waals surface area contributed by atoms with Crippen molar-refractivity contribution in [3.63, 3.8) is 0 Å². The lowest BCUT2D eigenvalue weighted by molar-refractivity contribution is -0.141. The van der Waals surface area contributed by atoms with Crippen molar-refractivity contribution >= 4 is 16.8 Å². The molecule has 1 atom stereocenters. The van der Waals surface area contributed by atoms with Crippen LogP contribution in [0, 0.1) is 0 Å². The van der Waals surface area contributed by atoms with Gasteiger partial charge in [-0.25, -0.2) is 0 Å². The molecule has 3 rings (SSSR count). The van der Waals surface area contributed by atoms with Crippen LogP contribution in [0.25, 0.3) is 10.9 Å². The van der Waals surface area contributed by atoms with E-state index in [9.17, 15) is 18.0 Å². The molecular formula is C18H22F3N3O. The Balaban J connectivity index is 1.57. The number of alkyl halides is 3. The number of aromatic amines is 1. The number of H-pyrrole nitrogens is 1. The molecule has 0 spiro atoms. The summed E-state index contributed by atoms with van der Waals surface area (Å²) in [5, 5.41) is 3.19. The predicted octanol–water partition coefficient (Wildman–Crippen LogP) is 3.41. The fraction of sp³-hybridized carbons (Fsp3) is 0.500. The number of nitrogens with zero attached hydrogens (tertiary/aromatic N) is 1. The summed E-state index contributed by atoms with van der Waals surface area (Å²) < 4.78 is 36.7. The average molecular weight is 353 g/mol.